The summed E-state index contributed by atoms with van der Waals surface area (Å²) in [5.41, 5.74) is 0.814. The summed E-state index contributed by atoms with van der Waals surface area (Å²) in [7, 11) is 0. The van der Waals surface area contributed by atoms with E-state index in [1.54, 1.807) is 12.1 Å². The highest BCUT2D eigenvalue weighted by molar-refractivity contribution is 6.01. The molecular formula is C12H13NO3. The van der Waals surface area contributed by atoms with Crippen molar-refractivity contribution in [3.63, 3.8) is 0 Å². The van der Waals surface area contributed by atoms with Gasteiger partial charge in [0.15, 0.2) is 5.60 Å². The van der Waals surface area contributed by atoms with Gasteiger partial charge in [0.25, 0.3) is 5.91 Å². The van der Waals surface area contributed by atoms with Gasteiger partial charge in [0.05, 0.1) is 12.3 Å². The van der Waals surface area contributed by atoms with Crippen LogP contribution in [-0.2, 0) is 11.4 Å². The largest absolute Gasteiger partial charge is 0.475 e. The molecule has 84 valence electrons. The summed E-state index contributed by atoms with van der Waals surface area (Å²) >= 11 is 0. The molecule has 0 bridgehead atoms. The molecule has 1 aromatic rings. The first-order valence-corrected chi connectivity index (χ1v) is 5.48. The van der Waals surface area contributed by atoms with Gasteiger partial charge in [-0.1, -0.05) is 6.07 Å². The van der Waals surface area contributed by atoms with Crippen molar-refractivity contribution in [3.8, 4) is 5.75 Å². The lowest BCUT2D eigenvalue weighted by atomic mass is 9.78. The van der Waals surface area contributed by atoms with Gasteiger partial charge in [-0.25, -0.2) is 0 Å². The molecule has 0 unspecified atom stereocenters. The number of hydrogen-bond donors (Lipinski definition) is 2. The molecule has 4 heteroatoms. The van der Waals surface area contributed by atoms with Gasteiger partial charge in [0.1, 0.15) is 5.75 Å². The number of ether oxygens (including phenoxy) is 1. The van der Waals surface area contributed by atoms with E-state index in [9.17, 15) is 4.79 Å². The summed E-state index contributed by atoms with van der Waals surface area (Å²) in [5.74, 6) is 0.651. The highest BCUT2D eigenvalue weighted by Crippen LogP contribution is 2.43. The average Bonchev–Trinajstić information content (AvgIpc) is 2.25. The number of carbonyl (C=O) groups excluding carboxylic acids is 1. The van der Waals surface area contributed by atoms with Crippen LogP contribution in [0.1, 0.15) is 24.8 Å². The van der Waals surface area contributed by atoms with Gasteiger partial charge in [0.2, 0.25) is 0 Å². The van der Waals surface area contributed by atoms with E-state index in [4.69, 9.17) is 9.84 Å². The van der Waals surface area contributed by atoms with Gasteiger partial charge in [-0.2, -0.15) is 0 Å². The third-order valence-electron chi connectivity index (χ3n) is 3.36. The van der Waals surface area contributed by atoms with Crippen molar-refractivity contribution >= 4 is 11.6 Å². The lowest BCUT2D eigenvalue weighted by Crippen LogP contribution is -2.55. The molecule has 3 rings (SSSR count). The van der Waals surface area contributed by atoms with Crippen LogP contribution in [0.25, 0.3) is 0 Å². The third-order valence-corrected chi connectivity index (χ3v) is 3.36. The summed E-state index contributed by atoms with van der Waals surface area (Å²) < 4.78 is 5.77. The monoisotopic (exact) mass is 219 g/mol. The van der Waals surface area contributed by atoms with Crippen LogP contribution in [0.4, 0.5) is 5.69 Å². The number of rotatable bonds is 1. The maximum Gasteiger partial charge on any atom is 0.268 e. The Morgan fingerprint density at radius 3 is 2.88 bits per heavy atom. The molecule has 1 saturated carbocycles. The lowest BCUT2D eigenvalue weighted by molar-refractivity contribution is -0.139. The Morgan fingerprint density at radius 2 is 2.25 bits per heavy atom. The number of benzene rings is 1. The molecule has 0 saturated heterocycles. The molecule has 1 amide bonds. The Bertz CT molecular complexity index is 452. The van der Waals surface area contributed by atoms with Crippen molar-refractivity contribution in [2.45, 2.75) is 31.5 Å². The summed E-state index contributed by atoms with van der Waals surface area (Å²) in [6, 6.07) is 5.36. The Balaban J connectivity index is 1.98. The van der Waals surface area contributed by atoms with Crippen LogP contribution >= 0.6 is 0 Å². The summed E-state index contributed by atoms with van der Waals surface area (Å²) in [4.78, 5) is 11.9. The SMILES string of the molecule is O=C1Nc2cc(CO)ccc2OC12CCC2. The second-order valence-corrected chi connectivity index (χ2v) is 4.39. The zero-order valence-electron chi connectivity index (χ0n) is 8.82. The minimum atomic E-state index is -0.617. The molecule has 2 aliphatic rings. The molecular weight excluding hydrogens is 206 g/mol. The minimum Gasteiger partial charge on any atom is -0.475 e. The number of fused-ring (bicyclic) bond motifs is 1. The van der Waals surface area contributed by atoms with Crippen LogP contribution < -0.4 is 10.1 Å². The number of anilines is 1. The van der Waals surface area contributed by atoms with E-state index in [1.165, 1.54) is 0 Å². The smallest absolute Gasteiger partial charge is 0.268 e. The topological polar surface area (TPSA) is 58.6 Å². The molecule has 4 nitrogen and oxygen atoms in total. The summed E-state index contributed by atoms with van der Waals surface area (Å²) in [6.07, 6.45) is 2.62. The molecule has 1 aliphatic heterocycles. The van der Waals surface area contributed by atoms with E-state index < -0.39 is 5.60 Å². The van der Waals surface area contributed by atoms with Crippen LogP contribution in [-0.4, -0.2) is 16.6 Å². The van der Waals surface area contributed by atoms with Gasteiger partial charge >= 0.3 is 0 Å². The fourth-order valence-electron chi connectivity index (χ4n) is 2.18. The van der Waals surface area contributed by atoms with Crippen molar-refractivity contribution in [2.24, 2.45) is 0 Å². The summed E-state index contributed by atoms with van der Waals surface area (Å²) in [5, 5.41) is 11.9. The predicted octanol–water partition coefficient (Wildman–Crippen LogP) is 1.43. The van der Waals surface area contributed by atoms with Gasteiger partial charge < -0.3 is 15.2 Å². The van der Waals surface area contributed by atoms with Crippen molar-refractivity contribution in [1.29, 1.82) is 0 Å². The molecule has 1 heterocycles. The van der Waals surface area contributed by atoms with E-state index in [0.717, 1.165) is 24.8 Å². The van der Waals surface area contributed by atoms with E-state index in [1.807, 2.05) is 6.07 Å². The Hall–Kier alpha value is -1.55. The van der Waals surface area contributed by atoms with Gasteiger partial charge in [-0.05, 0) is 37.0 Å². The van der Waals surface area contributed by atoms with E-state index in [0.29, 0.717) is 11.4 Å². The second-order valence-electron chi connectivity index (χ2n) is 4.39. The van der Waals surface area contributed by atoms with E-state index in [-0.39, 0.29) is 12.5 Å². The normalized spacial score (nSPS) is 20.7. The number of carbonyl (C=O) groups is 1. The molecule has 0 radical (unpaired) electrons. The van der Waals surface area contributed by atoms with Crippen LogP contribution in [0.15, 0.2) is 18.2 Å². The molecule has 1 aromatic carbocycles. The zero-order valence-corrected chi connectivity index (χ0v) is 8.82. The molecule has 1 aliphatic carbocycles. The third kappa shape index (κ3) is 1.23. The highest BCUT2D eigenvalue weighted by atomic mass is 16.5. The number of aliphatic hydroxyl groups excluding tert-OH is 1. The number of hydrogen-bond acceptors (Lipinski definition) is 3. The van der Waals surface area contributed by atoms with Gasteiger partial charge in [-0.3, -0.25) is 4.79 Å². The fraction of sp³-hybridized carbons (Fsp3) is 0.417. The molecule has 0 aromatic heterocycles. The van der Waals surface area contributed by atoms with Crippen molar-refractivity contribution in [3.05, 3.63) is 23.8 Å². The van der Waals surface area contributed by atoms with E-state index >= 15 is 0 Å². The Morgan fingerprint density at radius 1 is 1.44 bits per heavy atom. The van der Waals surface area contributed by atoms with Gasteiger partial charge in [0, 0.05) is 0 Å². The lowest BCUT2D eigenvalue weighted by Gasteiger charge is -2.43. The average molecular weight is 219 g/mol. The molecule has 1 spiro atoms. The van der Waals surface area contributed by atoms with Crippen LogP contribution in [0, 0.1) is 0 Å². The Labute approximate surface area is 93.2 Å². The zero-order chi connectivity index (χ0) is 11.2. The minimum absolute atomic E-state index is 0.0334. The number of aliphatic hydroxyl groups is 1. The fourth-order valence-corrected chi connectivity index (χ4v) is 2.18. The Kier molecular flexibility index (Phi) is 1.94. The molecule has 16 heavy (non-hydrogen) atoms. The van der Waals surface area contributed by atoms with Crippen molar-refractivity contribution < 1.29 is 14.6 Å². The standard InChI is InChI=1S/C12H13NO3/c14-7-8-2-3-10-9(6-8)13-11(15)12(16-10)4-1-5-12/h2-3,6,14H,1,4-5,7H2,(H,13,15). The highest BCUT2D eigenvalue weighted by Gasteiger charge is 2.49. The number of amides is 1. The predicted molar refractivity (Wildman–Crippen MR) is 58.2 cm³/mol. The van der Waals surface area contributed by atoms with Crippen molar-refractivity contribution in [2.75, 3.05) is 5.32 Å². The maximum atomic E-state index is 11.9. The first kappa shape index (κ1) is 9.66. The molecule has 1 fully saturated rings. The number of nitrogens with one attached hydrogen (secondary N) is 1. The van der Waals surface area contributed by atoms with Gasteiger partial charge in [-0.15, -0.1) is 0 Å². The second kappa shape index (κ2) is 3.22. The first-order valence-electron chi connectivity index (χ1n) is 5.48. The first-order chi connectivity index (χ1) is 7.73. The molecule has 0 atom stereocenters. The van der Waals surface area contributed by atoms with Crippen molar-refractivity contribution in [1.82, 2.24) is 0 Å². The maximum absolute atomic E-state index is 11.9. The quantitative estimate of drug-likeness (QED) is 0.751. The summed E-state index contributed by atoms with van der Waals surface area (Å²) in [6.45, 7) is -0.0334. The van der Waals surface area contributed by atoms with Crippen LogP contribution in [0.5, 0.6) is 5.75 Å². The van der Waals surface area contributed by atoms with Crippen LogP contribution in [0.3, 0.4) is 0 Å². The van der Waals surface area contributed by atoms with E-state index in [2.05, 4.69) is 5.32 Å². The van der Waals surface area contributed by atoms with Crippen LogP contribution in [0.2, 0.25) is 0 Å². The molecule has 2 N–H and O–H groups in total.